The highest BCUT2D eigenvalue weighted by molar-refractivity contribution is 7.92. The highest BCUT2D eigenvalue weighted by atomic mass is 32.2. The number of aromatic amines is 1. The molecule has 1 aliphatic rings. The normalized spacial score (nSPS) is 13.9. The molecule has 1 saturated heterocycles. The van der Waals surface area contributed by atoms with E-state index in [1.165, 1.54) is 6.20 Å². The number of fused-ring (bicyclic) bond motifs is 1. The maximum atomic E-state index is 15.2. The van der Waals surface area contributed by atoms with E-state index in [2.05, 4.69) is 24.6 Å². The van der Waals surface area contributed by atoms with Gasteiger partial charge in [-0.2, -0.15) is 0 Å². The summed E-state index contributed by atoms with van der Waals surface area (Å²) in [6, 6.07) is 7.39. The van der Waals surface area contributed by atoms with Crippen molar-refractivity contribution in [2.45, 2.75) is 26.2 Å². The van der Waals surface area contributed by atoms with E-state index in [-0.39, 0.29) is 11.3 Å². The quantitative estimate of drug-likeness (QED) is 0.317. The number of ketones is 1. The Morgan fingerprint density at radius 2 is 1.84 bits per heavy atom. The first kappa shape index (κ1) is 24.8. The Balaban J connectivity index is 1.49. The Morgan fingerprint density at radius 1 is 1.08 bits per heavy atom. The molecule has 192 valence electrons. The SMILES string of the molecule is CCCS(=O)(=O)Nc1ccc(F)c(C(=O)c2c[nH]c3ncc(-c4ccc(N5CCCC5)nc4)cc23)c1F. The minimum Gasteiger partial charge on any atom is -0.357 e. The molecular weight excluding hydrogens is 500 g/mol. The van der Waals surface area contributed by atoms with E-state index in [9.17, 15) is 17.6 Å². The van der Waals surface area contributed by atoms with Crippen LogP contribution >= 0.6 is 0 Å². The first-order valence-corrected chi connectivity index (χ1v) is 13.6. The predicted molar refractivity (Wildman–Crippen MR) is 138 cm³/mol. The van der Waals surface area contributed by atoms with Crippen LogP contribution in [0.2, 0.25) is 0 Å². The number of hydrogen-bond acceptors (Lipinski definition) is 6. The Morgan fingerprint density at radius 3 is 2.54 bits per heavy atom. The average molecular weight is 526 g/mol. The van der Waals surface area contributed by atoms with Crippen LogP contribution < -0.4 is 9.62 Å². The number of hydrogen-bond donors (Lipinski definition) is 2. The minimum absolute atomic E-state index is 0.0114. The molecule has 3 aromatic heterocycles. The van der Waals surface area contributed by atoms with Gasteiger partial charge in [-0.15, -0.1) is 0 Å². The number of carbonyl (C=O) groups excluding carboxylic acids is 1. The molecule has 0 bridgehead atoms. The third-order valence-corrected chi connectivity index (χ3v) is 7.82. The number of nitrogens with one attached hydrogen (secondary N) is 2. The lowest BCUT2D eigenvalue weighted by atomic mass is 10.00. The molecule has 4 aromatic rings. The number of halogens is 2. The van der Waals surface area contributed by atoms with Crippen LogP contribution in [0.5, 0.6) is 0 Å². The molecule has 0 aliphatic carbocycles. The number of anilines is 2. The van der Waals surface area contributed by atoms with Crippen LogP contribution in [0.1, 0.15) is 42.1 Å². The van der Waals surface area contributed by atoms with Crippen LogP contribution in [0.25, 0.3) is 22.2 Å². The van der Waals surface area contributed by atoms with Gasteiger partial charge in [-0.3, -0.25) is 9.52 Å². The lowest BCUT2D eigenvalue weighted by Crippen LogP contribution is -2.18. The smallest absolute Gasteiger partial charge is 0.232 e. The maximum Gasteiger partial charge on any atom is 0.232 e. The number of nitrogens with zero attached hydrogens (tertiary/aromatic N) is 3. The summed E-state index contributed by atoms with van der Waals surface area (Å²) < 4.78 is 56.2. The van der Waals surface area contributed by atoms with Crippen LogP contribution in [0.15, 0.2) is 48.9 Å². The van der Waals surface area contributed by atoms with E-state index in [1.807, 2.05) is 12.1 Å². The molecule has 1 aromatic carbocycles. The molecule has 1 aliphatic heterocycles. The molecule has 0 amide bonds. The molecular formula is C26H25F2N5O3S. The molecule has 0 saturated carbocycles. The van der Waals surface area contributed by atoms with Crippen molar-refractivity contribution in [3.8, 4) is 11.1 Å². The molecule has 37 heavy (non-hydrogen) atoms. The van der Waals surface area contributed by atoms with Gasteiger partial charge >= 0.3 is 0 Å². The van der Waals surface area contributed by atoms with Crippen molar-refractivity contribution in [2.24, 2.45) is 0 Å². The van der Waals surface area contributed by atoms with Crippen molar-refractivity contribution in [2.75, 3.05) is 28.5 Å². The number of carbonyl (C=O) groups is 1. The van der Waals surface area contributed by atoms with E-state index in [1.54, 1.807) is 25.4 Å². The van der Waals surface area contributed by atoms with E-state index < -0.39 is 38.7 Å². The molecule has 2 N–H and O–H groups in total. The molecule has 0 spiro atoms. The Hall–Kier alpha value is -3.86. The minimum atomic E-state index is -3.84. The van der Waals surface area contributed by atoms with Gasteiger partial charge < -0.3 is 9.88 Å². The highest BCUT2D eigenvalue weighted by Gasteiger charge is 2.26. The fourth-order valence-corrected chi connectivity index (χ4v) is 5.63. The van der Waals surface area contributed by atoms with Gasteiger partial charge in [-0.1, -0.05) is 6.92 Å². The third-order valence-electron chi connectivity index (χ3n) is 6.34. The van der Waals surface area contributed by atoms with Gasteiger partial charge in [0.15, 0.2) is 5.82 Å². The number of benzene rings is 1. The van der Waals surface area contributed by atoms with E-state index in [0.29, 0.717) is 23.0 Å². The number of aromatic nitrogens is 3. The van der Waals surface area contributed by atoms with E-state index >= 15 is 4.39 Å². The lowest BCUT2D eigenvalue weighted by molar-refractivity contribution is 0.103. The number of pyridine rings is 2. The fraction of sp³-hybridized carbons (Fsp3) is 0.269. The zero-order valence-electron chi connectivity index (χ0n) is 20.1. The van der Waals surface area contributed by atoms with Crippen LogP contribution in [0, 0.1) is 11.6 Å². The van der Waals surface area contributed by atoms with Gasteiger partial charge in [0, 0.05) is 53.8 Å². The van der Waals surface area contributed by atoms with Crippen LogP contribution in [-0.2, 0) is 10.0 Å². The van der Waals surface area contributed by atoms with E-state index in [0.717, 1.165) is 49.4 Å². The van der Waals surface area contributed by atoms with Gasteiger partial charge in [0.05, 0.1) is 17.0 Å². The summed E-state index contributed by atoms with van der Waals surface area (Å²) in [5.41, 5.74) is 0.512. The first-order chi connectivity index (χ1) is 17.8. The van der Waals surface area contributed by atoms with Crippen LogP contribution in [-0.4, -0.2) is 48.0 Å². The highest BCUT2D eigenvalue weighted by Crippen LogP contribution is 2.30. The Labute approximate surface area is 212 Å². The number of H-pyrrole nitrogens is 1. The second kappa shape index (κ2) is 9.89. The largest absolute Gasteiger partial charge is 0.357 e. The molecule has 0 unspecified atom stereocenters. The van der Waals surface area contributed by atoms with Gasteiger partial charge in [-0.25, -0.2) is 27.2 Å². The molecule has 4 heterocycles. The number of rotatable bonds is 8. The number of sulfonamides is 1. The van der Waals surface area contributed by atoms with Gasteiger partial charge in [-0.05, 0) is 49.6 Å². The third kappa shape index (κ3) is 4.91. The molecule has 0 radical (unpaired) electrons. The second-order valence-corrected chi connectivity index (χ2v) is 10.8. The first-order valence-electron chi connectivity index (χ1n) is 12.0. The van der Waals surface area contributed by atoms with Crippen molar-refractivity contribution in [3.05, 3.63) is 71.7 Å². The van der Waals surface area contributed by atoms with Crippen molar-refractivity contribution in [1.29, 1.82) is 0 Å². The standard InChI is InChI=1S/C26H25F2N5O3S/c1-2-11-37(35,36)32-21-7-6-20(27)23(24(21)28)25(34)19-15-31-26-18(19)12-17(14-30-26)16-5-8-22(29-13-16)33-9-3-4-10-33/h5-8,12-15,32H,2-4,9-11H2,1H3,(H,30,31). The zero-order chi connectivity index (χ0) is 26.2. The monoisotopic (exact) mass is 525 g/mol. The van der Waals surface area contributed by atoms with E-state index in [4.69, 9.17) is 0 Å². The summed E-state index contributed by atoms with van der Waals surface area (Å²) in [7, 11) is -3.84. The van der Waals surface area contributed by atoms with Crippen molar-refractivity contribution >= 4 is 38.3 Å². The summed E-state index contributed by atoms with van der Waals surface area (Å²) in [5.74, 6) is -2.64. The maximum absolute atomic E-state index is 15.2. The van der Waals surface area contributed by atoms with Gasteiger partial charge in [0.1, 0.15) is 17.3 Å². The predicted octanol–water partition coefficient (Wildman–Crippen LogP) is 4.89. The average Bonchev–Trinajstić information content (AvgIpc) is 3.56. The van der Waals surface area contributed by atoms with Crippen LogP contribution in [0.3, 0.4) is 0 Å². The fourth-order valence-electron chi connectivity index (χ4n) is 4.50. The Kier molecular flexibility index (Phi) is 6.63. The van der Waals surface area contributed by atoms with Crippen molar-refractivity contribution in [1.82, 2.24) is 15.0 Å². The second-order valence-electron chi connectivity index (χ2n) is 8.96. The molecule has 8 nitrogen and oxygen atoms in total. The summed E-state index contributed by atoms with van der Waals surface area (Å²) in [6.07, 6.45) is 7.29. The Bertz CT molecular complexity index is 1580. The molecule has 5 rings (SSSR count). The van der Waals surface area contributed by atoms with Gasteiger partial charge in [0.2, 0.25) is 15.8 Å². The summed E-state index contributed by atoms with van der Waals surface area (Å²) in [4.78, 5) is 27.3. The molecule has 1 fully saturated rings. The summed E-state index contributed by atoms with van der Waals surface area (Å²) in [5, 5.41) is 0.377. The van der Waals surface area contributed by atoms with Crippen molar-refractivity contribution < 1.29 is 22.0 Å². The lowest BCUT2D eigenvalue weighted by Gasteiger charge is -2.16. The summed E-state index contributed by atoms with van der Waals surface area (Å²) >= 11 is 0. The zero-order valence-corrected chi connectivity index (χ0v) is 20.9. The molecule has 0 atom stereocenters. The topological polar surface area (TPSA) is 108 Å². The molecule has 11 heteroatoms. The van der Waals surface area contributed by atoms with Crippen molar-refractivity contribution in [3.63, 3.8) is 0 Å². The summed E-state index contributed by atoms with van der Waals surface area (Å²) in [6.45, 7) is 3.61. The van der Waals surface area contributed by atoms with Crippen LogP contribution in [0.4, 0.5) is 20.3 Å². The van der Waals surface area contributed by atoms with Gasteiger partial charge in [0.25, 0.3) is 0 Å².